The average Bonchev–Trinajstić information content (AvgIpc) is 3.55. The van der Waals surface area contributed by atoms with Crippen LogP contribution in [0.2, 0.25) is 0 Å². The fourth-order valence-corrected chi connectivity index (χ4v) is 11.5. The zero-order valence-corrected chi connectivity index (χ0v) is 43.0. The molecule has 0 heteroatoms. The van der Waals surface area contributed by atoms with Crippen LogP contribution < -0.4 is 0 Å². The molecule has 0 aliphatic rings. The number of rotatable bonds is 10. The molecule has 0 unspecified atom stereocenters. The van der Waals surface area contributed by atoms with E-state index in [1.54, 1.807) is 0 Å². The summed E-state index contributed by atoms with van der Waals surface area (Å²) < 4.78 is 0. The Morgan fingerprint density at radius 1 is 0.115 bits per heavy atom. The molecule has 0 N–H and O–H groups in total. The lowest BCUT2D eigenvalue weighted by Gasteiger charge is -2.16. The van der Waals surface area contributed by atoms with Gasteiger partial charge in [-0.3, -0.25) is 0 Å². The summed E-state index contributed by atoms with van der Waals surface area (Å²) in [7, 11) is 0. The largest absolute Gasteiger partial charge is 0.0622 e. The van der Waals surface area contributed by atoms with Gasteiger partial charge in [-0.1, -0.05) is 231 Å². The van der Waals surface area contributed by atoms with Crippen LogP contribution in [-0.4, -0.2) is 0 Å². The third-order valence-corrected chi connectivity index (χ3v) is 15.5. The summed E-state index contributed by atoms with van der Waals surface area (Å²) in [6.07, 6.45) is 0. The predicted molar refractivity (Wildman–Crippen MR) is 333 cm³/mol. The van der Waals surface area contributed by atoms with Crippen LogP contribution in [0.25, 0.3) is 144 Å². The van der Waals surface area contributed by atoms with Crippen molar-refractivity contribution in [1.82, 2.24) is 0 Å². The van der Waals surface area contributed by atoms with Crippen molar-refractivity contribution >= 4 is 32.3 Å². The summed E-state index contributed by atoms with van der Waals surface area (Å²) >= 11 is 0. The molecule has 78 heavy (non-hydrogen) atoms. The highest BCUT2D eigenvalue weighted by atomic mass is 14.2. The highest BCUT2D eigenvalue weighted by molar-refractivity contribution is 6.21. The van der Waals surface area contributed by atoms with E-state index >= 15 is 0 Å². The molecule has 0 heterocycles. The van der Waals surface area contributed by atoms with Crippen molar-refractivity contribution in [2.24, 2.45) is 0 Å². The van der Waals surface area contributed by atoms with E-state index in [-0.39, 0.29) is 0 Å². The predicted octanol–water partition coefficient (Wildman–Crippen LogP) is 21.8. The van der Waals surface area contributed by atoms with E-state index in [0.717, 1.165) is 0 Å². The van der Waals surface area contributed by atoms with E-state index in [0.29, 0.717) is 0 Å². The van der Waals surface area contributed by atoms with Gasteiger partial charge in [0.25, 0.3) is 0 Å². The van der Waals surface area contributed by atoms with E-state index in [1.165, 1.54) is 144 Å². The Labute approximate surface area is 456 Å². The number of fused-ring (bicyclic) bond motifs is 5. The summed E-state index contributed by atoms with van der Waals surface area (Å²) in [5.74, 6) is 0. The van der Waals surface area contributed by atoms with Crippen LogP contribution in [0.5, 0.6) is 0 Å². The highest BCUT2D eigenvalue weighted by Crippen LogP contribution is 2.42. The lowest BCUT2D eigenvalue weighted by molar-refractivity contribution is 1.55. The van der Waals surface area contributed by atoms with E-state index in [1.807, 2.05) is 0 Å². The maximum atomic E-state index is 2.44. The minimum absolute atomic E-state index is 1.18. The molecule has 0 atom stereocenters. The molecule has 0 saturated carbocycles. The topological polar surface area (TPSA) is 0 Å². The van der Waals surface area contributed by atoms with Crippen molar-refractivity contribution in [3.05, 3.63) is 315 Å². The lowest BCUT2D eigenvalue weighted by atomic mass is 9.88. The monoisotopic (exact) mass is 988 g/mol. The summed E-state index contributed by atoms with van der Waals surface area (Å²) in [5.41, 5.74) is 23.7. The first kappa shape index (κ1) is 46.4. The number of hydrogen-bond donors (Lipinski definition) is 0. The summed E-state index contributed by atoms with van der Waals surface area (Å²) in [5, 5.41) is 7.39. The second-order valence-corrected chi connectivity index (χ2v) is 20.5. The van der Waals surface area contributed by atoms with Gasteiger partial charge in [0.1, 0.15) is 0 Å². The second kappa shape index (κ2) is 20.2. The molecule has 0 nitrogen and oxygen atoms in total. The van der Waals surface area contributed by atoms with Crippen molar-refractivity contribution in [1.29, 1.82) is 0 Å². The molecule has 0 aliphatic heterocycles. The Bertz CT molecular complexity index is 4080. The summed E-state index contributed by atoms with van der Waals surface area (Å²) in [6, 6.07) is 116. The third-order valence-electron chi connectivity index (χ3n) is 15.5. The number of benzene rings is 14. The molecule has 14 rings (SSSR count). The van der Waals surface area contributed by atoms with Gasteiger partial charge in [0, 0.05) is 0 Å². The first-order chi connectivity index (χ1) is 38.6. The zero-order valence-electron chi connectivity index (χ0n) is 43.0. The lowest BCUT2D eigenvalue weighted by Crippen LogP contribution is -1.90. The summed E-state index contributed by atoms with van der Waals surface area (Å²) in [6.45, 7) is 0. The van der Waals surface area contributed by atoms with Crippen molar-refractivity contribution in [2.75, 3.05) is 0 Å². The van der Waals surface area contributed by atoms with E-state index in [9.17, 15) is 0 Å². The Balaban J connectivity index is 0.938. The van der Waals surface area contributed by atoms with E-state index < -0.39 is 0 Å². The molecular weight excluding hydrogens is 937 g/mol. The Morgan fingerprint density at radius 2 is 0.295 bits per heavy atom. The molecular formula is C78H52. The Hall–Kier alpha value is -10.1. The average molecular weight is 989 g/mol. The Kier molecular flexibility index (Phi) is 12.0. The van der Waals surface area contributed by atoms with Gasteiger partial charge in [0.15, 0.2) is 0 Å². The highest BCUT2D eigenvalue weighted by Gasteiger charge is 2.16. The van der Waals surface area contributed by atoms with Crippen LogP contribution in [-0.2, 0) is 0 Å². The minimum Gasteiger partial charge on any atom is -0.0622 e. The van der Waals surface area contributed by atoms with Crippen molar-refractivity contribution in [3.8, 4) is 111 Å². The SMILES string of the molecule is c1ccc(-c2cc(-c3ccccc3)cc(-c3cc(-c4ccccc4)cc(-c4ccc5ccc6ccc7ccc(-c8cc(-c9ccccc9)cc(-c9cc(-c%10ccccc%10)cc(-c%10ccccc%10)c9)c8)cc7c6c5c4)c3)c2)cc1. The maximum Gasteiger partial charge on any atom is -0.00264 e. The van der Waals surface area contributed by atoms with Crippen LogP contribution in [0, 0.1) is 0 Å². The van der Waals surface area contributed by atoms with Crippen LogP contribution in [0.3, 0.4) is 0 Å². The smallest absolute Gasteiger partial charge is 0.00264 e. The molecule has 0 spiro atoms. The first-order valence-electron chi connectivity index (χ1n) is 26.9. The molecule has 0 aromatic heterocycles. The van der Waals surface area contributed by atoms with Gasteiger partial charge in [-0.15, -0.1) is 0 Å². The molecule has 0 amide bonds. The Morgan fingerprint density at radius 3 is 0.526 bits per heavy atom. The zero-order chi connectivity index (χ0) is 51.8. The van der Waals surface area contributed by atoms with Gasteiger partial charge < -0.3 is 0 Å². The quantitative estimate of drug-likeness (QED) is 0.120. The normalized spacial score (nSPS) is 11.3. The van der Waals surface area contributed by atoms with Crippen LogP contribution in [0.4, 0.5) is 0 Å². The van der Waals surface area contributed by atoms with Crippen LogP contribution in [0.1, 0.15) is 0 Å². The first-order valence-corrected chi connectivity index (χ1v) is 26.9. The van der Waals surface area contributed by atoms with Gasteiger partial charge in [-0.05, 0) is 229 Å². The molecule has 0 bridgehead atoms. The van der Waals surface area contributed by atoms with Crippen molar-refractivity contribution in [3.63, 3.8) is 0 Å². The third kappa shape index (κ3) is 9.17. The fraction of sp³-hybridized carbons (Fsp3) is 0. The molecule has 0 fully saturated rings. The van der Waals surface area contributed by atoms with Crippen molar-refractivity contribution < 1.29 is 0 Å². The summed E-state index contributed by atoms with van der Waals surface area (Å²) in [4.78, 5) is 0. The molecule has 364 valence electrons. The minimum atomic E-state index is 1.18. The van der Waals surface area contributed by atoms with Gasteiger partial charge in [-0.25, -0.2) is 0 Å². The van der Waals surface area contributed by atoms with E-state index in [4.69, 9.17) is 0 Å². The molecule has 14 aromatic carbocycles. The van der Waals surface area contributed by atoms with Gasteiger partial charge >= 0.3 is 0 Å². The van der Waals surface area contributed by atoms with Gasteiger partial charge in [0.2, 0.25) is 0 Å². The molecule has 0 radical (unpaired) electrons. The van der Waals surface area contributed by atoms with Crippen LogP contribution >= 0.6 is 0 Å². The molecule has 14 aromatic rings. The van der Waals surface area contributed by atoms with Crippen molar-refractivity contribution in [2.45, 2.75) is 0 Å². The van der Waals surface area contributed by atoms with Gasteiger partial charge in [0.05, 0.1) is 0 Å². The van der Waals surface area contributed by atoms with E-state index in [2.05, 4.69) is 315 Å². The molecule has 0 saturated heterocycles. The standard InChI is InChI=1S/C78H52/c1-7-19-53(20-8-1)64-39-65(54-21-9-2-10-22-54)44-72(43-64)74-47-68(57-27-15-5-16-28-57)41-70(49-74)62-37-33-59-31-35-61-36-32-60-34-38-63(52-77(60)78(61)76(59)51-62)71-42-69(58-29-17-6-18-30-58)48-75(50-71)73-45-66(55-23-11-3-12-24-55)40-67(46-73)56-25-13-4-14-26-56/h1-52H. The second-order valence-electron chi connectivity index (χ2n) is 20.5. The molecule has 0 aliphatic carbocycles. The van der Waals surface area contributed by atoms with Crippen LogP contribution in [0.15, 0.2) is 315 Å². The fourth-order valence-electron chi connectivity index (χ4n) is 11.5. The van der Waals surface area contributed by atoms with Gasteiger partial charge in [-0.2, -0.15) is 0 Å². The maximum absolute atomic E-state index is 2.44. The number of hydrogen-bond acceptors (Lipinski definition) is 0.